The van der Waals surface area contributed by atoms with Crippen LogP contribution in [0, 0.1) is 11.3 Å². The molecule has 138 valence electrons. The number of nitrogens with zero attached hydrogens (tertiary/aromatic N) is 1. The molecule has 0 atom stereocenters. The van der Waals surface area contributed by atoms with Crippen molar-refractivity contribution in [2.75, 3.05) is 0 Å². The third kappa shape index (κ3) is 4.83. The second-order valence-electron chi connectivity index (χ2n) is 6.08. The Bertz CT molecular complexity index is 1030. The minimum atomic E-state index is -0.431. The molecule has 5 nitrogen and oxygen atoms in total. The van der Waals surface area contributed by atoms with Crippen molar-refractivity contribution >= 4 is 11.9 Å². The van der Waals surface area contributed by atoms with Crippen LogP contribution in [0.1, 0.15) is 28.4 Å². The molecule has 28 heavy (non-hydrogen) atoms. The molecule has 5 heteroatoms. The number of hydrogen-bond donors (Lipinski definition) is 0. The summed E-state index contributed by atoms with van der Waals surface area (Å²) in [5, 5.41) is 8.91. The maximum atomic E-state index is 12.2. The summed E-state index contributed by atoms with van der Waals surface area (Å²) < 4.78 is 10.3. The molecule has 0 saturated carbocycles. The zero-order valence-electron chi connectivity index (χ0n) is 15.2. The molecule has 0 radical (unpaired) electrons. The monoisotopic (exact) mass is 371 g/mol. The van der Waals surface area contributed by atoms with E-state index in [9.17, 15) is 9.59 Å². The summed E-state index contributed by atoms with van der Waals surface area (Å²) in [5.41, 5.74) is 3.59. The van der Waals surface area contributed by atoms with Crippen LogP contribution in [0.2, 0.25) is 0 Å². The van der Waals surface area contributed by atoms with Gasteiger partial charge in [0.2, 0.25) is 0 Å². The Kier molecular flexibility index (Phi) is 5.83. The fourth-order valence-electron chi connectivity index (χ4n) is 2.64. The van der Waals surface area contributed by atoms with Crippen LogP contribution in [0.15, 0.2) is 72.8 Å². The van der Waals surface area contributed by atoms with E-state index in [1.807, 2.05) is 24.3 Å². The van der Waals surface area contributed by atoms with E-state index in [0.717, 1.165) is 16.7 Å². The third-order valence-electron chi connectivity index (χ3n) is 4.00. The van der Waals surface area contributed by atoms with Crippen molar-refractivity contribution in [3.63, 3.8) is 0 Å². The molecular weight excluding hydrogens is 354 g/mol. The van der Waals surface area contributed by atoms with Gasteiger partial charge in [-0.1, -0.05) is 36.4 Å². The molecule has 0 aliphatic rings. The molecule has 0 aromatic heterocycles. The van der Waals surface area contributed by atoms with Crippen molar-refractivity contribution in [2.45, 2.75) is 13.5 Å². The van der Waals surface area contributed by atoms with Gasteiger partial charge < -0.3 is 9.47 Å². The lowest BCUT2D eigenvalue weighted by Gasteiger charge is -2.07. The normalized spacial score (nSPS) is 10.0. The SMILES string of the molecule is CC(=O)Oc1ccc(-c2ccc(C(=O)OCc3cccc(C#N)c3)cc2)cc1. The number of esters is 2. The summed E-state index contributed by atoms with van der Waals surface area (Å²) >= 11 is 0. The number of rotatable bonds is 5. The Balaban J connectivity index is 1.64. The summed E-state index contributed by atoms with van der Waals surface area (Å²) in [7, 11) is 0. The van der Waals surface area contributed by atoms with Crippen molar-refractivity contribution in [2.24, 2.45) is 0 Å². The van der Waals surface area contributed by atoms with Crippen LogP contribution in [0.3, 0.4) is 0 Å². The smallest absolute Gasteiger partial charge is 0.338 e. The molecule has 0 N–H and O–H groups in total. The van der Waals surface area contributed by atoms with Crippen LogP contribution in [0.4, 0.5) is 0 Å². The first-order valence-corrected chi connectivity index (χ1v) is 8.60. The van der Waals surface area contributed by atoms with Gasteiger partial charge in [-0.15, -0.1) is 0 Å². The first-order chi connectivity index (χ1) is 13.5. The molecule has 0 aliphatic carbocycles. The number of ether oxygens (including phenoxy) is 2. The minimum absolute atomic E-state index is 0.105. The van der Waals surface area contributed by atoms with Crippen LogP contribution in [-0.2, 0) is 16.1 Å². The molecular formula is C23H17NO4. The average Bonchev–Trinajstić information content (AvgIpc) is 2.72. The topological polar surface area (TPSA) is 76.4 Å². The molecule has 0 bridgehead atoms. The lowest BCUT2D eigenvalue weighted by Crippen LogP contribution is -2.05. The molecule has 0 heterocycles. The summed E-state index contributed by atoms with van der Waals surface area (Å²) in [4.78, 5) is 23.2. The number of carbonyl (C=O) groups is 2. The highest BCUT2D eigenvalue weighted by molar-refractivity contribution is 5.90. The van der Waals surface area contributed by atoms with Gasteiger partial charge in [0, 0.05) is 6.92 Å². The standard InChI is InChI=1S/C23H17NO4/c1-16(25)28-22-11-9-20(10-12-22)19-5-7-21(8-6-19)23(26)27-15-18-4-2-3-17(13-18)14-24/h2-13H,15H2,1H3. The van der Waals surface area contributed by atoms with Crippen LogP contribution >= 0.6 is 0 Å². The summed E-state index contributed by atoms with van der Waals surface area (Å²) in [6.07, 6.45) is 0. The summed E-state index contributed by atoms with van der Waals surface area (Å²) in [5.74, 6) is -0.314. The molecule has 0 spiro atoms. The first-order valence-electron chi connectivity index (χ1n) is 8.60. The fraction of sp³-hybridized carbons (Fsp3) is 0.0870. The van der Waals surface area contributed by atoms with E-state index in [1.165, 1.54) is 6.92 Å². The molecule has 3 aromatic carbocycles. The lowest BCUT2D eigenvalue weighted by molar-refractivity contribution is -0.131. The minimum Gasteiger partial charge on any atom is -0.457 e. The Hall–Kier alpha value is -3.91. The second-order valence-corrected chi connectivity index (χ2v) is 6.08. The van der Waals surface area contributed by atoms with Crippen molar-refractivity contribution in [3.05, 3.63) is 89.5 Å². The number of carbonyl (C=O) groups excluding carboxylic acids is 2. The van der Waals surface area contributed by atoms with E-state index in [1.54, 1.807) is 48.5 Å². The van der Waals surface area contributed by atoms with Gasteiger partial charge >= 0.3 is 11.9 Å². The number of nitriles is 1. The highest BCUT2D eigenvalue weighted by Gasteiger charge is 2.08. The van der Waals surface area contributed by atoms with E-state index in [0.29, 0.717) is 16.9 Å². The molecule has 0 fully saturated rings. The highest BCUT2D eigenvalue weighted by Crippen LogP contribution is 2.23. The van der Waals surface area contributed by atoms with E-state index >= 15 is 0 Å². The van der Waals surface area contributed by atoms with E-state index < -0.39 is 5.97 Å². The fourth-order valence-corrected chi connectivity index (χ4v) is 2.64. The first kappa shape index (κ1) is 18.9. The second kappa shape index (κ2) is 8.65. The Morgan fingerprint density at radius 2 is 1.57 bits per heavy atom. The Morgan fingerprint density at radius 1 is 0.929 bits per heavy atom. The zero-order chi connectivity index (χ0) is 19.9. The van der Waals surface area contributed by atoms with Crippen molar-refractivity contribution in [1.82, 2.24) is 0 Å². The van der Waals surface area contributed by atoms with E-state index in [-0.39, 0.29) is 12.6 Å². The predicted octanol–water partition coefficient (Wildman–Crippen LogP) is 4.51. The molecule has 0 saturated heterocycles. The van der Waals surface area contributed by atoms with Crippen molar-refractivity contribution < 1.29 is 19.1 Å². The molecule has 3 rings (SSSR count). The van der Waals surface area contributed by atoms with Gasteiger partial charge in [-0.05, 0) is 53.1 Å². The van der Waals surface area contributed by atoms with Crippen molar-refractivity contribution in [3.8, 4) is 22.9 Å². The Morgan fingerprint density at radius 3 is 2.18 bits per heavy atom. The molecule has 3 aromatic rings. The molecule has 0 unspecified atom stereocenters. The average molecular weight is 371 g/mol. The van der Waals surface area contributed by atoms with E-state index in [2.05, 4.69) is 6.07 Å². The molecule has 0 amide bonds. The van der Waals surface area contributed by atoms with E-state index in [4.69, 9.17) is 14.7 Å². The lowest BCUT2D eigenvalue weighted by atomic mass is 10.0. The van der Waals surface area contributed by atoms with Gasteiger partial charge in [0.1, 0.15) is 12.4 Å². The number of hydrogen-bond acceptors (Lipinski definition) is 5. The van der Waals surface area contributed by atoms with Crippen molar-refractivity contribution in [1.29, 1.82) is 5.26 Å². The predicted molar refractivity (Wildman–Crippen MR) is 103 cm³/mol. The van der Waals surface area contributed by atoms with Crippen LogP contribution in [0.5, 0.6) is 5.75 Å². The van der Waals surface area contributed by atoms with Crippen LogP contribution in [-0.4, -0.2) is 11.9 Å². The van der Waals surface area contributed by atoms with Gasteiger partial charge in [0.05, 0.1) is 17.2 Å². The third-order valence-corrected chi connectivity index (χ3v) is 4.00. The molecule has 0 aliphatic heterocycles. The highest BCUT2D eigenvalue weighted by atomic mass is 16.5. The van der Waals surface area contributed by atoms with Crippen LogP contribution < -0.4 is 4.74 Å². The summed E-state index contributed by atoms with van der Waals surface area (Å²) in [6, 6.07) is 23.2. The van der Waals surface area contributed by atoms with Crippen LogP contribution in [0.25, 0.3) is 11.1 Å². The Labute approximate surface area is 162 Å². The maximum Gasteiger partial charge on any atom is 0.338 e. The van der Waals surface area contributed by atoms with Gasteiger partial charge in [-0.2, -0.15) is 5.26 Å². The zero-order valence-corrected chi connectivity index (χ0v) is 15.2. The van der Waals surface area contributed by atoms with Gasteiger partial charge in [0.25, 0.3) is 0 Å². The number of benzene rings is 3. The quantitative estimate of drug-likeness (QED) is 0.487. The van der Waals surface area contributed by atoms with Gasteiger partial charge in [0.15, 0.2) is 0 Å². The van der Waals surface area contributed by atoms with Gasteiger partial charge in [-0.25, -0.2) is 4.79 Å². The largest absolute Gasteiger partial charge is 0.457 e. The summed E-state index contributed by atoms with van der Waals surface area (Å²) in [6.45, 7) is 1.46. The maximum absolute atomic E-state index is 12.2. The van der Waals surface area contributed by atoms with Gasteiger partial charge in [-0.3, -0.25) is 4.79 Å².